The van der Waals surface area contributed by atoms with E-state index in [2.05, 4.69) is 10.0 Å². The molecule has 1 atom stereocenters. The van der Waals surface area contributed by atoms with Crippen molar-refractivity contribution >= 4 is 21.6 Å². The maximum atomic E-state index is 13.0. The van der Waals surface area contributed by atoms with Crippen molar-refractivity contribution in [1.82, 2.24) is 5.32 Å². The van der Waals surface area contributed by atoms with Crippen LogP contribution in [0.15, 0.2) is 77.7 Å². The fraction of sp³-hybridized carbons (Fsp3) is 0.174. The Hall–Kier alpha value is -3.39. The minimum atomic E-state index is -3.74. The zero-order chi connectivity index (χ0) is 22.4. The van der Waals surface area contributed by atoms with E-state index in [1.807, 2.05) is 19.1 Å². The van der Waals surface area contributed by atoms with Crippen LogP contribution in [0.5, 0.6) is 5.75 Å². The summed E-state index contributed by atoms with van der Waals surface area (Å²) in [6.45, 7) is 3.46. The molecule has 31 heavy (non-hydrogen) atoms. The molecule has 3 aromatic carbocycles. The SMILES string of the molecule is Cc1ccc(NS(=O)(=O)c2ccc(OCC(=O)NC(C)c3ccc(F)cc3)cc2)cc1. The molecular formula is C23H23FN2O4S. The summed E-state index contributed by atoms with van der Waals surface area (Å²) in [5, 5.41) is 2.76. The zero-order valence-corrected chi connectivity index (χ0v) is 17.9. The lowest BCUT2D eigenvalue weighted by molar-refractivity contribution is -0.123. The maximum Gasteiger partial charge on any atom is 0.261 e. The molecule has 162 valence electrons. The van der Waals surface area contributed by atoms with E-state index in [-0.39, 0.29) is 29.3 Å². The number of sulfonamides is 1. The lowest BCUT2D eigenvalue weighted by Crippen LogP contribution is -2.31. The molecule has 0 saturated heterocycles. The summed E-state index contributed by atoms with van der Waals surface area (Å²) >= 11 is 0. The molecule has 0 radical (unpaired) electrons. The molecule has 0 saturated carbocycles. The van der Waals surface area contributed by atoms with Gasteiger partial charge in [-0.05, 0) is 67.9 Å². The van der Waals surface area contributed by atoms with E-state index in [1.165, 1.54) is 36.4 Å². The van der Waals surface area contributed by atoms with Crippen LogP contribution in [-0.2, 0) is 14.8 Å². The Balaban J connectivity index is 1.54. The van der Waals surface area contributed by atoms with E-state index < -0.39 is 10.0 Å². The molecule has 0 aliphatic rings. The number of aryl methyl sites for hydroxylation is 1. The molecule has 3 aromatic rings. The second-order valence-electron chi connectivity index (χ2n) is 7.07. The van der Waals surface area contributed by atoms with Gasteiger partial charge >= 0.3 is 0 Å². The summed E-state index contributed by atoms with van der Waals surface area (Å²) in [4.78, 5) is 12.2. The second kappa shape index (κ2) is 9.61. The molecule has 0 heterocycles. The molecule has 0 bridgehead atoms. The Morgan fingerprint density at radius 1 is 0.968 bits per heavy atom. The first-order valence-electron chi connectivity index (χ1n) is 9.60. The van der Waals surface area contributed by atoms with Gasteiger partial charge in [0, 0.05) is 5.69 Å². The van der Waals surface area contributed by atoms with Gasteiger partial charge in [0.05, 0.1) is 10.9 Å². The lowest BCUT2D eigenvalue weighted by atomic mass is 10.1. The fourth-order valence-electron chi connectivity index (χ4n) is 2.82. The van der Waals surface area contributed by atoms with Crippen LogP contribution in [0.3, 0.4) is 0 Å². The first-order chi connectivity index (χ1) is 14.7. The molecule has 0 fully saturated rings. The number of carbonyl (C=O) groups is 1. The van der Waals surface area contributed by atoms with E-state index in [9.17, 15) is 17.6 Å². The van der Waals surface area contributed by atoms with Gasteiger partial charge in [-0.3, -0.25) is 9.52 Å². The number of anilines is 1. The van der Waals surface area contributed by atoms with Crippen molar-refractivity contribution in [2.24, 2.45) is 0 Å². The van der Waals surface area contributed by atoms with Crippen molar-refractivity contribution in [3.05, 3.63) is 89.7 Å². The van der Waals surface area contributed by atoms with E-state index in [0.717, 1.165) is 11.1 Å². The van der Waals surface area contributed by atoms with Crippen molar-refractivity contribution in [1.29, 1.82) is 0 Å². The van der Waals surface area contributed by atoms with Crippen LogP contribution in [-0.4, -0.2) is 20.9 Å². The van der Waals surface area contributed by atoms with Gasteiger partial charge in [0.1, 0.15) is 11.6 Å². The topological polar surface area (TPSA) is 84.5 Å². The Kier molecular flexibility index (Phi) is 6.91. The summed E-state index contributed by atoms with van der Waals surface area (Å²) in [7, 11) is -3.74. The van der Waals surface area contributed by atoms with Crippen molar-refractivity contribution in [2.75, 3.05) is 11.3 Å². The average molecular weight is 443 g/mol. The van der Waals surface area contributed by atoms with Gasteiger partial charge in [0.2, 0.25) is 0 Å². The number of carbonyl (C=O) groups excluding carboxylic acids is 1. The van der Waals surface area contributed by atoms with Crippen molar-refractivity contribution < 1.29 is 22.3 Å². The van der Waals surface area contributed by atoms with Crippen LogP contribution in [0.2, 0.25) is 0 Å². The maximum absolute atomic E-state index is 13.0. The normalized spacial score (nSPS) is 12.1. The Morgan fingerprint density at radius 2 is 1.58 bits per heavy atom. The smallest absolute Gasteiger partial charge is 0.261 e. The monoisotopic (exact) mass is 442 g/mol. The van der Waals surface area contributed by atoms with Crippen molar-refractivity contribution in [2.45, 2.75) is 24.8 Å². The summed E-state index contributed by atoms with van der Waals surface area (Å²) < 4.78 is 46.0. The largest absolute Gasteiger partial charge is 0.484 e. The van der Waals surface area contributed by atoms with Crippen LogP contribution >= 0.6 is 0 Å². The zero-order valence-electron chi connectivity index (χ0n) is 17.1. The molecule has 0 aromatic heterocycles. The first kappa shape index (κ1) is 22.3. The van der Waals surface area contributed by atoms with Gasteiger partial charge in [-0.15, -0.1) is 0 Å². The van der Waals surface area contributed by atoms with Crippen molar-refractivity contribution in [3.8, 4) is 5.75 Å². The highest BCUT2D eigenvalue weighted by Gasteiger charge is 2.15. The number of amides is 1. The van der Waals surface area contributed by atoms with Crippen LogP contribution in [0.1, 0.15) is 24.1 Å². The molecule has 0 aliphatic heterocycles. The molecule has 3 rings (SSSR count). The van der Waals surface area contributed by atoms with E-state index >= 15 is 0 Å². The molecule has 8 heteroatoms. The van der Waals surface area contributed by atoms with E-state index in [1.54, 1.807) is 31.2 Å². The summed E-state index contributed by atoms with van der Waals surface area (Å²) in [6.07, 6.45) is 0. The van der Waals surface area contributed by atoms with E-state index in [0.29, 0.717) is 11.4 Å². The summed E-state index contributed by atoms with van der Waals surface area (Å²) in [5.41, 5.74) is 2.27. The number of halogens is 1. The lowest BCUT2D eigenvalue weighted by Gasteiger charge is -2.15. The van der Waals surface area contributed by atoms with Gasteiger partial charge in [-0.25, -0.2) is 12.8 Å². The Morgan fingerprint density at radius 3 is 2.19 bits per heavy atom. The second-order valence-corrected chi connectivity index (χ2v) is 8.75. The van der Waals surface area contributed by atoms with Crippen LogP contribution < -0.4 is 14.8 Å². The minimum Gasteiger partial charge on any atom is -0.484 e. The fourth-order valence-corrected chi connectivity index (χ4v) is 3.88. The third kappa shape index (κ3) is 6.29. The quantitative estimate of drug-likeness (QED) is 0.548. The number of hydrogen-bond acceptors (Lipinski definition) is 4. The third-order valence-electron chi connectivity index (χ3n) is 4.56. The first-order valence-corrected chi connectivity index (χ1v) is 11.1. The third-order valence-corrected chi connectivity index (χ3v) is 5.95. The molecule has 2 N–H and O–H groups in total. The Labute approximate surface area is 181 Å². The van der Waals surface area contributed by atoms with E-state index in [4.69, 9.17) is 4.74 Å². The number of hydrogen-bond donors (Lipinski definition) is 2. The highest BCUT2D eigenvalue weighted by atomic mass is 32.2. The average Bonchev–Trinajstić information content (AvgIpc) is 2.74. The molecule has 1 amide bonds. The van der Waals surface area contributed by atoms with Gasteiger partial charge in [-0.2, -0.15) is 0 Å². The number of nitrogens with one attached hydrogen (secondary N) is 2. The highest BCUT2D eigenvalue weighted by Crippen LogP contribution is 2.20. The molecule has 0 spiro atoms. The summed E-state index contributed by atoms with van der Waals surface area (Å²) in [6, 6.07) is 18.4. The minimum absolute atomic E-state index is 0.0785. The van der Waals surface area contributed by atoms with Gasteiger partial charge in [0.15, 0.2) is 6.61 Å². The predicted octanol–water partition coefficient (Wildman–Crippen LogP) is 4.19. The summed E-state index contributed by atoms with van der Waals surface area (Å²) in [5.74, 6) is -0.335. The van der Waals surface area contributed by atoms with Gasteiger partial charge in [0.25, 0.3) is 15.9 Å². The van der Waals surface area contributed by atoms with Crippen LogP contribution in [0, 0.1) is 12.7 Å². The standard InChI is InChI=1S/C23H23FN2O4S/c1-16-3-9-20(10-4-16)26-31(28,29)22-13-11-21(12-14-22)30-15-23(27)25-17(2)18-5-7-19(24)8-6-18/h3-14,17,26H,15H2,1-2H3,(H,25,27). The molecule has 0 aliphatic carbocycles. The Bertz CT molecular complexity index is 1130. The van der Waals surface area contributed by atoms with Crippen LogP contribution in [0.4, 0.5) is 10.1 Å². The van der Waals surface area contributed by atoms with Crippen LogP contribution in [0.25, 0.3) is 0 Å². The van der Waals surface area contributed by atoms with Crippen molar-refractivity contribution in [3.63, 3.8) is 0 Å². The molecule has 1 unspecified atom stereocenters. The number of rotatable bonds is 8. The predicted molar refractivity (Wildman–Crippen MR) is 117 cm³/mol. The number of benzene rings is 3. The van der Waals surface area contributed by atoms with Gasteiger partial charge < -0.3 is 10.1 Å². The number of ether oxygens (including phenoxy) is 1. The molecule has 6 nitrogen and oxygen atoms in total. The molecular weight excluding hydrogens is 419 g/mol. The van der Waals surface area contributed by atoms with Gasteiger partial charge in [-0.1, -0.05) is 29.8 Å². The highest BCUT2D eigenvalue weighted by molar-refractivity contribution is 7.92.